The predicted octanol–water partition coefficient (Wildman–Crippen LogP) is 3.74. The molecule has 2 aromatic heterocycles. The molecule has 3 heterocycles. The highest BCUT2D eigenvalue weighted by molar-refractivity contribution is 5.58. The Morgan fingerprint density at radius 1 is 1.00 bits per heavy atom. The minimum Gasteiger partial charge on any atom is -0.355 e. The van der Waals surface area contributed by atoms with Crippen molar-refractivity contribution >= 4 is 5.82 Å². The normalized spacial score (nSPS) is 15.5. The van der Waals surface area contributed by atoms with Gasteiger partial charge in [-0.05, 0) is 37.8 Å². The van der Waals surface area contributed by atoms with Crippen molar-refractivity contribution in [2.24, 2.45) is 5.92 Å². The van der Waals surface area contributed by atoms with Gasteiger partial charge in [-0.25, -0.2) is 0 Å². The van der Waals surface area contributed by atoms with Gasteiger partial charge in [0.1, 0.15) is 0 Å². The summed E-state index contributed by atoms with van der Waals surface area (Å²) in [5.41, 5.74) is 2.72. The van der Waals surface area contributed by atoms with Crippen LogP contribution in [-0.4, -0.2) is 33.4 Å². The topological polar surface area (TPSA) is 67.9 Å². The molecular weight excluding hydrogens is 314 g/mol. The molecule has 6 heteroatoms. The van der Waals surface area contributed by atoms with E-state index < -0.39 is 0 Å². The second-order valence-electron chi connectivity index (χ2n) is 6.74. The van der Waals surface area contributed by atoms with E-state index in [2.05, 4.69) is 32.2 Å². The summed E-state index contributed by atoms with van der Waals surface area (Å²) in [6, 6.07) is 11.9. The molecular formula is C19H21N5O. The van der Waals surface area contributed by atoms with Gasteiger partial charge < -0.3 is 9.42 Å². The molecule has 3 aromatic rings. The Labute approximate surface area is 146 Å². The van der Waals surface area contributed by atoms with Gasteiger partial charge >= 0.3 is 0 Å². The van der Waals surface area contributed by atoms with E-state index in [-0.39, 0.29) is 0 Å². The van der Waals surface area contributed by atoms with Crippen molar-refractivity contribution in [3.8, 4) is 23.0 Å². The van der Waals surface area contributed by atoms with Crippen LogP contribution in [0, 0.1) is 12.8 Å². The van der Waals surface area contributed by atoms with E-state index in [4.69, 9.17) is 4.52 Å². The van der Waals surface area contributed by atoms with Crippen LogP contribution in [0.4, 0.5) is 5.82 Å². The zero-order valence-electron chi connectivity index (χ0n) is 14.5. The number of piperidine rings is 1. The summed E-state index contributed by atoms with van der Waals surface area (Å²) in [5, 5.41) is 12.7. The monoisotopic (exact) mass is 335 g/mol. The van der Waals surface area contributed by atoms with Crippen molar-refractivity contribution in [3.63, 3.8) is 0 Å². The van der Waals surface area contributed by atoms with Crippen molar-refractivity contribution in [1.82, 2.24) is 20.3 Å². The quantitative estimate of drug-likeness (QED) is 0.726. The molecule has 0 aliphatic carbocycles. The summed E-state index contributed by atoms with van der Waals surface area (Å²) < 4.78 is 5.36. The Balaban J connectivity index is 1.51. The minimum absolute atomic E-state index is 0.391. The Morgan fingerprint density at radius 2 is 1.76 bits per heavy atom. The lowest BCUT2D eigenvalue weighted by atomic mass is 9.99. The smallest absolute Gasteiger partial charge is 0.278 e. The highest BCUT2D eigenvalue weighted by Crippen LogP contribution is 2.24. The molecule has 6 nitrogen and oxygen atoms in total. The van der Waals surface area contributed by atoms with Gasteiger partial charge in [0.2, 0.25) is 5.82 Å². The van der Waals surface area contributed by atoms with E-state index >= 15 is 0 Å². The van der Waals surface area contributed by atoms with Crippen molar-refractivity contribution in [3.05, 3.63) is 42.0 Å². The number of nitrogens with zero attached hydrogens (tertiary/aromatic N) is 5. The lowest BCUT2D eigenvalue weighted by molar-refractivity contribution is 0.429. The average molecular weight is 335 g/mol. The van der Waals surface area contributed by atoms with Crippen LogP contribution in [0.15, 0.2) is 40.9 Å². The molecule has 25 heavy (non-hydrogen) atoms. The molecule has 0 unspecified atom stereocenters. The molecule has 4 rings (SSSR count). The highest BCUT2D eigenvalue weighted by atomic mass is 16.5. The van der Waals surface area contributed by atoms with Crippen LogP contribution in [0.2, 0.25) is 0 Å². The summed E-state index contributed by atoms with van der Waals surface area (Å²) in [6.07, 6.45) is 2.40. The van der Waals surface area contributed by atoms with Crippen LogP contribution in [-0.2, 0) is 0 Å². The van der Waals surface area contributed by atoms with E-state index in [1.165, 1.54) is 18.4 Å². The van der Waals surface area contributed by atoms with Gasteiger partial charge in [0.25, 0.3) is 5.89 Å². The Kier molecular flexibility index (Phi) is 4.17. The van der Waals surface area contributed by atoms with E-state index in [1.807, 2.05) is 43.3 Å². The number of aromatic nitrogens is 4. The number of aryl methyl sites for hydroxylation is 1. The molecule has 0 amide bonds. The Bertz CT molecular complexity index is 833. The zero-order valence-corrected chi connectivity index (χ0v) is 14.5. The SMILES string of the molecule is Cc1ccc(-c2noc(-c3ccc(N4CCC(C)CC4)nn3)n2)cc1. The van der Waals surface area contributed by atoms with E-state index in [1.54, 1.807) is 0 Å². The van der Waals surface area contributed by atoms with E-state index in [0.717, 1.165) is 30.4 Å². The van der Waals surface area contributed by atoms with Crippen LogP contribution in [0.25, 0.3) is 23.0 Å². The summed E-state index contributed by atoms with van der Waals surface area (Å²) >= 11 is 0. The molecule has 1 aromatic carbocycles. The summed E-state index contributed by atoms with van der Waals surface area (Å²) in [5.74, 6) is 2.66. The molecule has 1 fully saturated rings. The maximum Gasteiger partial charge on any atom is 0.278 e. The van der Waals surface area contributed by atoms with E-state index in [9.17, 15) is 0 Å². The van der Waals surface area contributed by atoms with Gasteiger partial charge in [-0.3, -0.25) is 0 Å². The first-order valence-electron chi connectivity index (χ1n) is 8.69. The maximum atomic E-state index is 5.36. The van der Waals surface area contributed by atoms with Crippen LogP contribution in [0.1, 0.15) is 25.3 Å². The van der Waals surface area contributed by atoms with Gasteiger partial charge in [-0.15, -0.1) is 10.2 Å². The third-order valence-electron chi connectivity index (χ3n) is 4.71. The van der Waals surface area contributed by atoms with Crippen LogP contribution >= 0.6 is 0 Å². The fourth-order valence-electron chi connectivity index (χ4n) is 2.99. The van der Waals surface area contributed by atoms with Crippen LogP contribution in [0.5, 0.6) is 0 Å². The third kappa shape index (κ3) is 3.38. The molecule has 0 radical (unpaired) electrons. The summed E-state index contributed by atoms with van der Waals surface area (Å²) in [7, 11) is 0. The molecule has 1 aliphatic rings. The molecule has 0 saturated carbocycles. The first-order valence-corrected chi connectivity index (χ1v) is 8.69. The highest BCUT2D eigenvalue weighted by Gasteiger charge is 2.18. The Morgan fingerprint density at radius 3 is 2.44 bits per heavy atom. The van der Waals surface area contributed by atoms with Crippen molar-refractivity contribution in [2.75, 3.05) is 18.0 Å². The molecule has 0 N–H and O–H groups in total. The van der Waals surface area contributed by atoms with Crippen molar-refractivity contribution < 1.29 is 4.52 Å². The van der Waals surface area contributed by atoms with Crippen LogP contribution in [0.3, 0.4) is 0 Å². The number of anilines is 1. The van der Waals surface area contributed by atoms with Gasteiger partial charge in [0.05, 0.1) is 0 Å². The summed E-state index contributed by atoms with van der Waals surface area (Å²) in [6.45, 7) is 6.42. The van der Waals surface area contributed by atoms with E-state index in [0.29, 0.717) is 17.4 Å². The lowest BCUT2D eigenvalue weighted by Crippen LogP contribution is -2.33. The first-order chi connectivity index (χ1) is 12.2. The number of rotatable bonds is 3. The molecule has 0 bridgehead atoms. The summed E-state index contributed by atoms with van der Waals surface area (Å²) in [4.78, 5) is 6.72. The van der Waals surface area contributed by atoms with Crippen molar-refractivity contribution in [1.29, 1.82) is 0 Å². The van der Waals surface area contributed by atoms with Crippen molar-refractivity contribution in [2.45, 2.75) is 26.7 Å². The standard InChI is InChI=1S/C19H21N5O/c1-13-3-5-15(6-4-13)18-20-19(25-23-18)16-7-8-17(22-21-16)24-11-9-14(2)10-12-24/h3-8,14H,9-12H2,1-2H3. The second kappa shape index (κ2) is 6.63. The van der Waals surface area contributed by atoms with Crippen LogP contribution < -0.4 is 4.90 Å². The van der Waals surface area contributed by atoms with Gasteiger partial charge in [0, 0.05) is 18.7 Å². The zero-order chi connectivity index (χ0) is 17.2. The molecule has 0 atom stereocenters. The fraction of sp³-hybridized carbons (Fsp3) is 0.368. The molecule has 1 saturated heterocycles. The predicted molar refractivity (Wildman–Crippen MR) is 96.1 cm³/mol. The Hall–Kier alpha value is -2.76. The minimum atomic E-state index is 0.391. The molecule has 0 spiro atoms. The molecule has 128 valence electrons. The van der Waals surface area contributed by atoms with Gasteiger partial charge in [-0.1, -0.05) is 41.9 Å². The fourth-order valence-corrected chi connectivity index (χ4v) is 2.99. The van der Waals surface area contributed by atoms with Gasteiger partial charge in [0.15, 0.2) is 11.5 Å². The maximum absolute atomic E-state index is 5.36. The largest absolute Gasteiger partial charge is 0.355 e. The third-order valence-corrected chi connectivity index (χ3v) is 4.71. The van der Waals surface area contributed by atoms with Gasteiger partial charge in [-0.2, -0.15) is 4.98 Å². The lowest BCUT2D eigenvalue weighted by Gasteiger charge is -2.30. The first kappa shape index (κ1) is 15.7. The number of hydrogen-bond donors (Lipinski definition) is 0. The average Bonchev–Trinajstić information content (AvgIpc) is 3.13. The second-order valence-corrected chi connectivity index (χ2v) is 6.74. The number of benzene rings is 1. The molecule has 1 aliphatic heterocycles. The number of hydrogen-bond acceptors (Lipinski definition) is 6.